The molecule has 0 aliphatic carbocycles. The summed E-state index contributed by atoms with van der Waals surface area (Å²) in [5.41, 5.74) is 0. The van der Waals surface area contributed by atoms with E-state index in [9.17, 15) is 4.79 Å². The number of carboxylic acids is 1. The number of carbonyl (C=O) groups is 1. The van der Waals surface area contributed by atoms with Gasteiger partial charge < -0.3 is 9.52 Å². The number of aromatic nitrogens is 1. The molecule has 1 aliphatic rings. The molecule has 0 spiro atoms. The molecule has 5 heteroatoms. The Morgan fingerprint density at radius 2 is 2.64 bits per heavy atom. The van der Waals surface area contributed by atoms with Crippen LogP contribution in [0, 0.1) is 5.92 Å². The molecule has 1 aromatic rings. The SMILES string of the molecule is O=C(O)C1CCN(Cc2ncco2)C1. The lowest BCUT2D eigenvalue weighted by Gasteiger charge is -2.11. The quantitative estimate of drug-likeness (QED) is 0.766. The molecule has 2 rings (SSSR count). The molecule has 0 aromatic carbocycles. The van der Waals surface area contributed by atoms with Crippen LogP contribution in [0.5, 0.6) is 0 Å². The van der Waals surface area contributed by atoms with Crippen molar-refractivity contribution in [2.75, 3.05) is 13.1 Å². The first-order chi connectivity index (χ1) is 6.75. The molecule has 0 bridgehead atoms. The van der Waals surface area contributed by atoms with Gasteiger partial charge in [0.25, 0.3) is 0 Å². The van der Waals surface area contributed by atoms with Crippen molar-refractivity contribution in [1.29, 1.82) is 0 Å². The van der Waals surface area contributed by atoms with Gasteiger partial charge in [0.2, 0.25) is 5.89 Å². The maximum absolute atomic E-state index is 10.7. The van der Waals surface area contributed by atoms with Gasteiger partial charge in [-0.25, -0.2) is 4.98 Å². The van der Waals surface area contributed by atoms with Crippen molar-refractivity contribution in [3.63, 3.8) is 0 Å². The summed E-state index contributed by atoms with van der Waals surface area (Å²) >= 11 is 0. The molecular formula is C9H12N2O3. The fourth-order valence-corrected chi connectivity index (χ4v) is 1.70. The molecule has 1 N–H and O–H groups in total. The zero-order valence-electron chi connectivity index (χ0n) is 7.72. The molecule has 1 unspecified atom stereocenters. The molecular weight excluding hydrogens is 184 g/mol. The zero-order chi connectivity index (χ0) is 9.97. The van der Waals surface area contributed by atoms with E-state index in [0.717, 1.165) is 13.0 Å². The number of rotatable bonds is 3. The molecule has 14 heavy (non-hydrogen) atoms. The first kappa shape index (κ1) is 9.21. The van der Waals surface area contributed by atoms with Gasteiger partial charge >= 0.3 is 5.97 Å². The summed E-state index contributed by atoms with van der Waals surface area (Å²) in [5.74, 6) is -0.291. The molecule has 1 aliphatic heterocycles. The van der Waals surface area contributed by atoms with Gasteiger partial charge in [-0.15, -0.1) is 0 Å². The van der Waals surface area contributed by atoms with E-state index < -0.39 is 5.97 Å². The van der Waals surface area contributed by atoms with Crippen LogP contribution in [0.4, 0.5) is 0 Å². The van der Waals surface area contributed by atoms with Crippen LogP contribution in [0.15, 0.2) is 16.9 Å². The number of hydrogen-bond acceptors (Lipinski definition) is 4. The molecule has 2 heterocycles. The Kier molecular flexibility index (Phi) is 2.49. The Hall–Kier alpha value is -1.36. The van der Waals surface area contributed by atoms with Gasteiger partial charge in [-0.1, -0.05) is 0 Å². The molecule has 1 saturated heterocycles. The summed E-state index contributed by atoms with van der Waals surface area (Å²) in [6, 6.07) is 0. The van der Waals surface area contributed by atoms with Gasteiger partial charge in [-0.2, -0.15) is 0 Å². The Morgan fingerprint density at radius 3 is 3.21 bits per heavy atom. The van der Waals surface area contributed by atoms with Crippen molar-refractivity contribution >= 4 is 5.97 Å². The van der Waals surface area contributed by atoms with Crippen molar-refractivity contribution in [3.8, 4) is 0 Å². The minimum Gasteiger partial charge on any atom is -0.481 e. The van der Waals surface area contributed by atoms with Gasteiger partial charge in [0, 0.05) is 6.54 Å². The van der Waals surface area contributed by atoms with E-state index in [-0.39, 0.29) is 5.92 Å². The third-order valence-corrected chi connectivity index (χ3v) is 2.46. The van der Waals surface area contributed by atoms with Crippen molar-refractivity contribution in [2.24, 2.45) is 5.92 Å². The molecule has 76 valence electrons. The number of aliphatic carboxylic acids is 1. The third-order valence-electron chi connectivity index (χ3n) is 2.46. The highest BCUT2D eigenvalue weighted by molar-refractivity contribution is 5.70. The normalized spacial score (nSPS) is 22.7. The third kappa shape index (κ3) is 1.93. The first-order valence-electron chi connectivity index (χ1n) is 4.59. The highest BCUT2D eigenvalue weighted by atomic mass is 16.4. The van der Waals surface area contributed by atoms with E-state index in [1.807, 2.05) is 4.90 Å². The molecule has 0 radical (unpaired) electrons. The van der Waals surface area contributed by atoms with Crippen LogP contribution in [0.1, 0.15) is 12.3 Å². The van der Waals surface area contributed by atoms with Crippen LogP contribution >= 0.6 is 0 Å². The van der Waals surface area contributed by atoms with E-state index in [1.165, 1.54) is 6.26 Å². The summed E-state index contributed by atoms with van der Waals surface area (Å²) in [6.07, 6.45) is 3.84. The van der Waals surface area contributed by atoms with E-state index >= 15 is 0 Å². The summed E-state index contributed by atoms with van der Waals surface area (Å²) in [6.45, 7) is 2.01. The molecule has 1 fully saturated rings. The lowest BCUT2D eigenvalue weighted by molar-refractivity contribution is -0.141. The number of likely N-dealkylation sites (tertiary alicyclic amines) is 1. The lowest BCUT2D eigenvalue weighted by atomic mass is 10.1. The fourth-order valence-electron chi connectivity index (χ4n) is 1.70. The van der Waals surface area contributed by atoms with Crippen molar-refractivity contribution in [3.05, 3.63) is 18.4 Å². The predicted molar refractivity (Wildman–Crippen MR) is 47.5 cm³/mol. The van der Waals surface area contributed by atoms with E-state index in [1.54, 1.807) is 6.20 Å². The van der Waals surface area contributed by atoms with Crippen LogP contribution in [0.2, 0.25) is 0 Å². The summed E-state index contributed by atoms with van der Waals surface area (Å²) in [5, 5.41) is 8.79. The van der Waals surface area contributed by atoms with Gasteiger partial charge in [0.15, 0.2) is 0 Å². The number of nitrogens with zero attached hydrogens (tertiary/aromatic N) is 2. The maximum Gasteiger partial charge on any atom is 0.307 e. The molecule has 0 saturated carbocycles. The summed E-state index contributed by atoms with van der Waals surface area (Å²) < 4.78 is 5.09. The van der Waals surface area contributed by atoms with Crippen LogP contribution < -0.4 is 0 Å². The van der Waals surface area contributed by atoms with Crippen LogP contribution in [-0.2, 0) is 11.3 Å². The summed E-state index contributed by atoms with van der Waals surface area (Å²) in [4.78, 5) is 16.7. The largest absolute Gasteiger partial charge is 0.481 e. The average Bonchev–Trinajstić information content (AvgIpc) is 2.75. The van der Waals surface area contributed by atoms with Crippen molar-refractivity contribution in [1.82, 2.24) is 9.88 Å². The minimum absolute atomic E-state index is 0.232. The average molecular weight is 196 g/mol. The van der Waals surface area contributed by atoms with Crippen LogP contribution in [0.25, 0.3) is 0 Å². The lowest BCUT2D eigenvalue weighted by Crippen LogP contribution is -2.22. The molecule has 1 aromatic heterocycles. The Balaban J connectivity index is 1.87. The van der Waals surface area contributed by atoms with Gasteiger partial charge in [-0.3, -0.25) is 9.69 Å². The smallest absolute Gasteiger partial charge is 0.307 e. The predicted octanol–water partition coefficient (Wildman–Crippen LogP) is 0.581. The first-order valence-corrected chi connectivity index (χ1v) is 4.59. The number of oxazole rings is 1. The minimum atomic E-state index is -0.708. The van der Waals surface area contributed by atoms with E-state index in [0.29, 0.717) is 19.0 Å². The van der Waals surface area contributed by atoms with E-state index in [4.69, 9.17) is 9.52 Å². The van der Waals surface area contributed by atoms with Gasteiger partial charge in [-0.05, 0) is 13.0 Å². The second kappa shape index (κ2) is 3.79. The monoisotopic (exact) mass is 196 g/mol. The second-order valence-corrected chi connectivity index (χ2v) is 3.48. The highest BCUT2D eigenvalue weighted by Gasteiger charge is 2.28. The number of carboxylic acid groups (broad SMARTS) is 1. The Labute approximate surface area is 81.3 Å². The van der Waals surface area contributed by atoms with Gasteiger partial charge in [0.05, 0.1) is 18.7 Å². The Morgan fingerprint density at radius 1 is 1.79 bits per heavy atom. The topological polar surface area (TPSA) is 66.6 Å². The highest BCUT2D eigenvalue weighted by Crippen LogP contribution is 2.17. The van der Waals surface area contributed by atoms with Crippen LogP contribution in [-0.4, -0.2) is 34.0 Å². The molecule has 1 atom stereocenters. The molecule has 0 amide bonds. The Bertz CT molecular complexity index is 310. The van der Waals surface area contributed by atoms with E-state index in [2.05, 4.69) is 4.98 Å². The molecule has 5 nitrogen and oxygen atoms in total. The van der Waals surface area contributed by atoms with Crippen molar-refractivity contribution < 1.29 is 14.3 Å². The zero-order valence-corrected chi connectivity index (χ0v) is 7.72. The fraction of sp³-hybridized carbons (Fsp3) is 0.556. The van der Waals surface area contributed by atoms with Crippen molar-refractivity contribution in [2.45, 2.75) is 13.0 Å². The number of hydrogen-bond donors (Lipinski definition) is 1. The standard InChI is InChI=1S/C9H12N2O3/c12-9(13)7-1-3-11(5-7)6-8-10-2-4-14-8/h2,4,7H,1,3,5-6H2,(H,12,13). The van der Waals surface area contributed by atoms with Gasteiger partial charge in [0.1, 0.15) is 6.26 Å². The maximum atomic E-state index is 10.7. The van der Waals surface area contributed by atoms with Crippen LogP contribution in [0.3, 0.4) is 0 Å². The second-order valence-electron chi connectivity index (χ2n) is 3.48. The summed E-state index contributed by atoms with van der Waals surface area (Å²) in [7, 11) is 0.